The predicted octanol–water partition coefficient (Wildman–Crippen LogP) is 2.98. The zero-order valence-electron chi connectivity index (χ0n) is 10.7. The topological polar surface area (TPSA) is 59.8 Å². The third-order valence-corrected chi connectivity index (χ3v) is 3.37. The van der Waals surface area contributed by atoms with Crippen LogP contribution < -0.4 is 5.32 Å². The minimum Gasteiger partial charge on any atom is -0.345 e. The molecule has 0 radical (unpaired) electrons. The number of halogens is 1. The molecular formula is C14H11BrN4O. The van der Waals surface area contributed by atoms with E-state index in [9.17, 15) is 4.79 Å². The van der Waals surface area contributed by atoms with Gasteiger partial charge in [-0.1, -0.05) is 0 Å². The molecule has 0 saturated carbocycles. The molecule has 1 N–H and O–H groups in total. The normalized spacial score (nSPS) is 10.7. The van der Waals surface area contributed by atoms with Gasteiger partial charge in [-0.2, -0.15) is 0 Å². The molecule has 6 heteroatoms. The van der Waals surface area contributed by atoms with Gasteiger partial charge in [0.15, 0.2) is 0 Å². The molecule has 100 valence electrons. The highest BCUT2D eigenvalue weighted by atomic mass is 79.9. The van der Waals surface area contributed by atoms with Gasteiger partial charge < -0.3 is 9.88 Å². The number of fused-ring (bicyclic) bond motifs is 1. The summed E-state index contributed by atoms with van der Waals surface area (Å²) in [6.07, 6.45) is 5.10. The van der Waals surface area contributed by atoms with E-state index in [-0.39, 0.29) is 5.91 Å². The van der Waals surface area contributed by atoms with Crippen molar-refractivity contribution in [2.45, 2.75) is 0 Å². The van der Waals surface area contributed by atoms with Crippen LogP contribution in [-0.4, -0.2) is 20.4 Å². The van der Waals surface area contributed by atoms with Gasteiger partial charge in [0, 0.05) is 35.8 Å². The number of anilines is 1. The van der Waals surface area contributed by atoms with Crippen molar-refractivity contribution in [3.05, 3.63) is 53.0 Å². The molecule has 1 amide bonds. The molecule has 0 aliphatic rings. The Morgan fingerprint density at radius 3 is 2.65 bits per heavy atom. The van der Waals surface area contributed by atoms with E-state index < -0.39 is 0 Å². The first-order valence-electron chi connectivity index (χ1n) is 5.97. The predicted molar refractivity (Wildman–Crippen MR) is 80.6 cm³/mol. The van der Waals surface area contributed by atoms with Crippen LogP contribution in [0.4, 0.5) is 5.69 Å². The van der Waals surface area contributed by atoms with Crippen LogP contribution in [0.5, 0.6) is 0 Å². The first kappa shape index (κ1) is 12.8. The standard InChI is InChI=1S/C14H11BrN4O/c1-19-8-9(15)6-13(19)14(20)18-10-2-3-11-12(7-10)17-5-4-16-11/h2-8H,1H3,(H,18,20). The maximum absolute atomic E-state index is 12.2. The molecule has 1 aromatic carbocycles. The molecular weight excluding hydrogens is 320 g/mol. The van der Waals surface area contributed by atoms with Crippen LogP contribution in [0.1, 0.15) is 10.5 Å². The number of hydrogen-bond donors (Lipinski definition) is 1. The lowest BCUT2D eigenvalue weighted by Gasteiger charge is -2.06. The number of amides is 1. The Labute approximate surface area is 123 Å². The Morgan fingerprint density at radius 1 is 1.20 bits per heavy atom. The third-order valence-electron chi connectivity index (χ3n) is 2.93. The van der Waals surface area contributed by atoms with Gasteiger partial charge in [0.25, 0.3) is 5.91 Å². The molecule has 3 rings (SSSR count). The number of hydrogen-bond acceptors (Lipinski definition) is 3. The minimum atomic E-state index is -0.165. The molecule has 0 unspecified atom stereocenters. The SMILES string of the molecule is Cn1cc(Br)cc1C(=O)Nc1ccc2nccnc2c1. The number of aryl methyl sites for hydroxylation is 1. The van der Waals surface area contributed by atoms with Crippen LogP contribution >= 0.6 is 15.9 Å². The Bertz CT molecular complexity index is 797. The highest BCUT2D eigenvalue weighted by Gasteiger charge is 2.11. The van der Waals surface area contributed by atoms with E-state index in [1.807, 2.05) is 25.4 Å². The third kappa shape index (κ3) is 2.42. The van der Waals surface area contributed by atoms with E-state index in [2.05, 4.69) is 31.2 Å². The highest BCUT2D eigenvalue weighted by Crippen LogP contribution is 2.18. The van der Waals surface area contributed by atoms with E-state index in [4.69, 9.17) is 0 Å². The van der Waals surface area contributed by atoms with Gasteiger partial charge in [-0.15, -0.1) is 0 Å². The zero-order valence-corrected chi connectivity index (χ0v) is 12.3. The fraction of sp³-hybridized carbons (Fsp3) is 0.0714. The summed E-state index contributed by atoms with van der Waals surface area (Å²) < 4.78 is 2.63. The summed E-state index contributed by atoms with van der Waals surface area (Å²) in [4.78, 5) is 20.6. The Morgan fingerprint density at radius 2 is 1.95 bits per heavy atom. The molecule has 5 nitrogen and oxygen atoms in total. The molecule has 3 aromatic rings. The zero-order chi connectivity index (χ0) is 14.1. The number of rotatable bonds is 2. The fourth-order valence-electron chi connectivity index (χ4n) is 1.99. The number of carbonyl (C=O) groups is 1. The molecule has 0 atom stereocenters. The van der Waals surface area contributed by atoms with Crippen molar-refractivity contribution in [1.82, 2.24) is 14.5 Å². The summed E-state index contributed by atoms with van der Waals surface area (Å²) in [6, 6.07) is 7.22. The van der Waals surface area contributed by atoms with Gasteiger partial charge in [-0.3, -0.25) is 14.8 Å². The van der Waals surface area contributed by atoms with E-state index in [0.29, 0.717) is 11.4 Å². The summed E-state index contributed by atoms with van der Waals surface area (Å²) in [5, 5.41) is 2.86. The van der Waals surface area contributed by atoms with Gasteiger partial charge in [0.2, 0.25) is 0 Å². The lowest BCUT2D eigenvalue weighted by atomic mass is 10.2. The molecule has 0 fully saturated rings. The van der Waals surface area contributed by atoms with Gasteiger partial charge >= 0.3 is 0 Å². The minimum absolute atomic E-state index is 0.165. The molecule has 0 saturated heterocycles. The molecule has 0 aliphatic carbocycles. The van der Waals surface area contributed by atoms with Crippen LogP contribution in [0.15, 0.2) is 47.3 Å². The molecule has 2 heterocycles. The molecule has 20 heavy (non-hydrogen) atoms. The van der Waals surface area contributed by atoms with Gasteiger partial charge in [-0.05, 0) is 40.2 Å². The second-order valence-electron chi connectivity index (χ2n) is 4.37. The lowest BCUT2D eigenvalue weighted by Crippen LogP contribution is -2.15. The van der Waals surface area contributed by atoms with Crippen LogP contribution in [0.25, 0.3) is 11.0 Å². The van der Waals surface area contributed by atoms with E-state index >= 15 is 0 Å². The molecule has 2 aromatic heterocycles. The second-order valence-corrected chi connectivity index (χ2v) is 5.28. The van der Waals surface area contributed by atoms with Crippen molar-refractivity contribution in [3.8, 4) is 0 Å². The van der Waals surface area contributed by atoms with Crippen molar-refractivity contribution in [2.24, 2.45) is 7.05 Å². The number of benzene rings is 1. The van der Waals surface area contributed by atoms with Crippen LogP contribution in [0.2, 0.25) is 0 Å². The lowest BCUT2D eigenvalue weighted by molar-refractivity contribution is 0.101. The first-order valence-corrected chi connectivity index (χ1v) is 6.77. The van der Waals surface area contributed by atoms with Gasteiger partial charge in [0.05, 0.1) is 11.0 Å². The van der Waals surface area contributed by atoms with Crippen molar-refractivity contribution >= 4 is 38.6 Å². The fourth-order valence-corrected chi connectivity index (χ4v) is 2.51. The molecule has 0 aliphatic heterocycles. The van der Waals surface area contributed by atoms with Crippen LogP contribution in [-0.2, 0) is 7.05 Å². The van der Waals surface area contributed by atoms with Crippen molar-refractivity contribution < 1.29 is 4.79 Å². The second kappa shape index (κ2) is 5.05. The number of nitrogens with zero attached hydrogens (tertiary/aromatic N) is 3. The average Bonchev–Trinajstić information content (AvgIpc) is 2.78. The Hall–Kier alpha value is -2.21. The van der Waals surface area contributed by atoms with Crippen molar-refractivity contribution in [2.75, 3.05) is 5.32 Å². The van der Waals surface area contributed by atoms with Crippen molar-refractivity contribution in [1.29, 1.82) is 0 Å². The number of carbonyl (C=O) groups excluding carboxylic acids is 1. The maximum atomic E-state index is 12.2. The van der Waals surface area contributed by atoms with Crippen LogP contribution in [0.3, 0.4) is 0 Å². The summed E-state index contributed by atoms with van der Waals surface area (Å²) in [6.45, 7) is 0. The molecule has 0 bridgehead atoms. The molecule has 0 spiro atoms. The van der Waals surface area contributed by atoms with Crippen molar-refractivity contribution in [3.63, 3.8) is 0 Å². The largest absolute Gasteiger partial charge is 0.345 e. The monoisotopic (exact) mass is 330 g/mol. The summed E-state index contributed by atoms with van der Waals surface area (Å²) in [5.74, 6) is -0.165. The van der Waals surface area contributed by atoms with Gasteiger partial charge in [0.1, 0.15) is 5.69 Å². The number of aromatic nitrogens is 3. The summed E-state index contributed by atoms with van der Waals surface area (Å²) in [7, 11) is 1.82. The van der Waals surface area contributed by atoms with E-state index in [0.717, 1.165) is 15.5 Å². The smallest absolute Gasteiger partial charge is 0.272 e. The average molecular weight is 331 g/mol. The Balaban J connectivity index is 1.89. The van der Waals surface area contributed by atoms with Crippen LogP contribution in [0, 0.1) is 0 Å². The van der Waals surface area contributed by atoms with E-state index in [1.54, 1.807) is 29.1 Å². The Kier molecular flexibility index (Phi) is 3.23. The van der Waals surface area contributed by atoms with E-state index in [1.165, 1.54) is 0 Å². The van der Waals surface area contributed by atoms with Gasteiger partial charge in [-0.25, -0.2) is 0 Å². The number of nitrogens with one attached hydrogen (secondary N) is 1. The maximum Gasteiger partial charge on any atom is 0.272 e. The highest BCUT2D eigenvalue weighted by molar-refractivity contribution is 9.10. The summed E-state index contributed by atoms with van der Waals surface area (Å²) in [5.41, 5.74) is 2.82. The summed E-state index contributed by atoms with van der Waals surface area (Å²) >= 11 is 3.35. The quantitative estimate of drug-likeness (QED) is 0.785. The first-order chi connectivity index (χ1) is 9.63.